The molecule has 0 saturated heterocycles. The lowest BCUT2D eigenvalue weighted by molar-refractivity contribution is -0.131. The van der Waals surface area contributed by atoms with E-state index in [9.17, 15) is 4.79 Å². The quantitative estimate of drug-likeness (QED) is 0.451. The monoisotopic (exact) mass is 326 g/mol. The number of ether oxygens (including phenoxy) is 1. The zero-order valence-corrected chi connectivity index (χ0v) is 14.3. The predicted octanol–water partition coefficient (Wildman–Crippen LogP) is 5.68. The minimum atomic E-state index is -0.937. The smallest absolute Gasteiger partial charge is 0.328 e. The van der Waals surface area contributed by atoms with Crippen molar-refractivity contribution >= 4 is 22.8 Å². The van der Waals surface area contributed by atoms with Crippen LogP contribution >= 0.6 is 0 Å². The zero-order valence-electron chi connectivity index (χ0n) is 14.3. The Morgan fingerprint density at radius 3 is 2.50 bits per heavy atom. The second kappa shape index (κ2) is 9.76. The van der Waals surface area contributed by atoms with Crippen LogP contribution in [0, 0.1) is 0 Å². The predicted molar refractivity (Wildman–Crippen MR) is 99.5 cm³/mol. The van der Waals surface area contributed by atoms with Crippen LogP contribution in [0.2, 0.25) is 0 Å². The number of unbranched alkanes of at least 4 members (excludes halogenated alkanes) is 5. The Balaban J connectivity index is 1.87. The number of benzene rings is 2. The number of fused-ring (bicyclic) bond motifs is 1. The molecule has 1 N–H and O–H groups in total. The van der Waals surface area contributed by atoms with Crippen LogP contribution in [0.5, 0.6) is 5.75 Å². The van der Waals surface area contributed by atoms with E-state index in [-0.39, 0.29) is 0 Å². The van der Waals surface area contributed by atoms with Gasteiger partial charge in [0, 0.05) is 6.08 Å². The molecule has 0 aliphatic heterocycles. The lowest BCUT2D eigenvalue weighted by Crippen LogP contribution is -1.97. The van der Waals surface area contributed by atoms with Gasteiger partial charge in [-0.3, -0.25) is 0 Å². The number of carbonyl (C=O) groups is 1. The number of hydrogen-bond acceptors (Lipinski definition) is 2. The molecule has 2 rings (SSSR count). The van der Waals surface area contributed by atoms with E-state index in [1.807, 2.05) is 36.4 Å². The van der Waals surface area contributed by atoms with E-state index in [0.717, 1.165) is 41.2 Å². The molecule has 0 amide bonds. The second-order valence-corrected chi connectivity index (χ2v) is 6.06. The molecule has 3 nitrogen and oxygen atoms in total. The number of hydrogen-bond donors (Lipinski definition) is 1. The van der Waals surface area contributed by atoms with Crippen LogP contribution in [0.3, 0.4) is 0 Å². The van der Waals surface area contributed by atoms with Crippen molar-refractivity contribution in [3.05, 3.63) is 48.0 Å². The molecule has 0 atom stereocenters. The van der Waals surface area contributed by atoms with Gasteiger partial charge in [0.25, 0.3) is 0 Å². The summed E-state index contributed by atoms with van der Waals surface area (Å²) in [5, 5.41) is 10.9. The summed E-state index contributed by atoms with van der Waals surface area (Å²) in [6.07, 6.45) is 10.3. The summed E-state index contributed by atoms with van der Waals surface area (Å²) in [5.41, 5.74) is 0.880. The largest absolute Gasteiger partial charge is 0.494 e. The van der Waals surface area contributed by atoms with Crippen LogP contribution in [-0.4, -0.2) is 17.7 Å². The molecule has 128 valence electrons. The molecule has 0 fully saturated rings. The first-order chi connectivity index (χ1) is 11.7. The Labute approximate surface area is 144 Å². The van der Waals surface area contributed by atoms with E-state index in [2.05, 4.69) is 6.92 Å². The molecule has 0 aromatic heterocycles. The van der Waals surface area contributed by atoms with Gasteiger partial charge >= 0.3 is 5.97 Å². The molecule has 0 saturated carbocycles. The second-order valence-electron chi connectivity index (χ2n) is 6.06. The van der Waals surface area contributed by atoms with Gasteiger partial charge in [-0.2, -0.15) is 0 Å². The molecule has 0 aliphatic carbocycles. The highest BCUT2D eigenvalue weighted by atomic mass is 16.5. The minimum absolute atomic E-state index is 0.761. The van der Waals surface area contributed by atoms with E-state index in [4.69, 9.17) is 9.84 Å². The maximum absolute atomic E-state index is 10.6. The lowest BCUT2D eigenvalue weighted by Gasteiger charge is -2.08. The van der Waals surface area contributed by atoms with Gasteiger partial charge in [0.1, 0.15) is 5.75 Å². The van der Waals surface area contributed by atoms with Crippen LogP contribution < -0.4 is 4.74 Å². The maximum atomic E-state index is 10.6. The first-order valence-electron chi connectivity index (χ1n) is 8.76. The lowest BCUT2D eigenvalue weighted by atomic mass is 10.1. The minimum Gasteiger partial charge on any atom is -0.494 e. The van der Waals surface area contributed by atoms with Crippen molar-refractivity contribution in [3.8, 4) is 5.75 Å². The standard InChI is InChI=1S/C21H26O3/c1-2-3-4-5-6-7-14-24-20-12-11-18-15-17(9-13-21(22)23)8-10-19(18)16-20/h8-13,15-16H,2-7,14H2,1H3,(H,22,23)/b13-9+. The van der Waals surface area contributed by atoms with Crippen LogP contribution in [0.1, 0.15) is 51.0 Å². The van der Waals surface area contributed by atoms with Crippen molar-refractivity contribution in [2.24, 2.45) is 0 Å². The molecule has 2 aromatic rings. The Morgan fingerprint density at radius 1 is 1.00 bits per heavy atom. The first kappa shape index (κ1) is 18.1. The van der Waals surface area contributed by atoms with Gasteiger partial charge in [-0.1, -0.05) is 57.2 Å². The highest BCUT2D eigenvalue weighted by Gasteiger charge is 1.99. The van der Waals surface area contributed by atoms with Crippen LogP contribution in [-0.2, 0) is 4.79 Å². The third kappa shape index (κ3) is 6.07. The zero-order chi connectivity index (χ0) is 17.2. The maximum Gasteiger partial charge on any atom is 0.328 e. The Hall–Kier alpha value is -2.29. The number of carboxylic acid groups (broad SMARTS) is 1. The summed E-state index contributed by atoms with van der Waals surface area (Å²) >= 11 is 0. The Bertz CT molecular complexity index is 689. The fourth-order valence-corrected chi connectivity index (χ4v) is 2.68. The van der Waals surface area contributed by atoms with Crippen molar-refractivity contribution in [1.82, 2.24) is 0 Å². The molecule has 0 heterocycles. The number of aliphatic carboxylic acids is 1. The molecule has 0 aliphatic rings. The van der Waals surface area contributed by atoms with Crippen molar-refractivity contribution in [1.29, 1.82) is 0 Å². The highest BCUT2D eigenvalue weighted by Crippen LogP contribution is 2.23. The van der Waals surface area contributed by atoms with E-state index >= 15 is 0 Å². The van der Waals surface area contributed by atoms with E-state index in [0.29, 0.717) is 0 Å². The van der Waals surface area contributed by atoms with Crippen molar-refractivity contribution < 1.29 is 14.6 Å². The summed E-state index contributed by atoms with van der Waals surface area (Å²) in [7, 11) is 0. The van der Waals surface area contributed by atoms with E-state index < -0.39 is 5.97 Å². The van der Waals surface area contributed by atoms with Gasteiger partial charge in [-0.25, -0.2) is 4.79 Å². The average molecular weight is 326 g/mol. The molecule has 0 bridgehead atoms. The molecule has 24 heavy (non-hydrogen) atoms. The first-order valence-corrected chi connectivity index (χ1v) is 8.76. The average Bonchev–Trinajstić information content (AvgIpc) is 2.59. The Morgan fingerprint density at radius 2 is 1.71 bits per heavy atom. The summed E-state index contributed by atoms with van der Waals surface area (Å²) in [5.74, 6) is -0.0431. The normalized spacial score (nSPS) is 11.2. The summed E-state index contributed by atoms with van der Waals surface area (Å²) in [6.45, 7) is 2.99. The molecule has 0 unspecified atom stereocenters. The van der Waals surface area contributed by atoms with E-state index in [1.165, 1.54) is 32.1 Å². The summed E-state index contributed by atoms with van der Waals surface area (Å²) in [4.78, 5) is 10.6. The topological polar surface area (TPSA) is 46.5 Å². The molecule has 2 aromatic carbocycles. The summed E-state index contributed by atoms with van der Waals surface area (Å²) < 4.78 is 5.84. The molecular formula is C21H26O3. The summed E-state index contributed by atoms with van der Waals surface area (Å²) in [6, 6.07) is 11.9. The Kier molecular flexibility index (Phi) is 7.34. The van der Waals surface area contributed by atoms with Gasteiger partial charge in [0.15, 0.2) is 0 Å². The van der Waals surface area contributed by atoms with Crippen LogP contribution in [0.25, 0.3) is 16.8 Å². The van der Waals surface area contributed by atoms with Gasteiger partial charge in [0.05, 0.1) is 6.61 Å². The van der Waals surface area contributed by atoms with Gasteiger partial charge < -0.3 is 9.84 Å². The third-order valence-electron chi connectivity index (χ3n) is 4.02. The SMILES string of the molecule is CCCCCCCCOc1ccc2cc(/C=C/C(=O)O)ccc2c1. The van der Waals surface area contributed by atoms with E-state index in [1.54, 1.807) is 6.08 Å². The highest BCUT2D eigenvalue weighted by molar-refractivity contribution is 5.89. The number of carboxylic acids is 1. The fraction of sp³-hybridized carbons (Fsp3) is 0.381. The molecular weight excluding hydrogens is 300 g/mol. The number of rotatable bonds is 10. The van der Waals surface area contributed by atoms with Gasteiger partial charge in [-0.05, 0) is 47.0 Å². The molecule has 0 spiro atoms. The van der Waals surface area contributed by atoms with Gasteiger partial charge in [-0.15, -0.1) is 0 Å². The van der Waals surface area contributed by atoms with Crippen LogP contribution in [0.15, 0.2) is 42.5 Å². The van der Waals surface area contributed by atoms with Crippen LogP contribution in [0.4, 0.5) is 0 Å². The van der Waals surface area contributed by atoms with Gasteiger partial charge in [0.2, 0.25) is 0 Å². The van der Waals surface area contributed by atoms with Crippen molar-refractivity contribution in [3.63, 3.8) is 0 Å². The third-order valence-corrected chi connectivity index (χ3v) is 4.02. The van der Waals surface area contributed by atoms with Crippen molar-refractivity contribution in [2.75, 3.05) is 6.61 Å². The molecule has 3 heteroatoms. The fourth-order valence-electron chi connectivity index (χ4n) is 2.68. The molecule has 0 radical (unpaired) electrons. The van der Waals surface area contributed by atoms with Crippen molar-refractivity contribution in [2.45, 2.75) is 45.4 Å².